The van der Waals surface area contributed by atoms with E-state index >= 15 is 0 Å². The van der Waals surface area contributed by atoms with Crippen molar-refractivity contribution in [3.8, 4) is 22.9 Å². The van der Waals surface area contributed by atoms with Crippen LogP contribution in [0.3, 0.4) is 0 Å². The smallest absolute Gasteiger partial charge is 0.254 e. The molecule has 2 heterocycles. The normalized spacial score (nSPS) is 15.7. The number of aromatic hydroxyl groups is 1. The van der Waals surface area contributed by atoms with Crippen molar-refractivity contribution in [2.75, 3.05) is 26.9 Å². The first-order chi connectivity index (χ1) is 14.6. The molecule has 0 radical (unpaired) electrons. The molecule has 0 aliphatic carbocycles. The van der Waals surface area contributed by atoms with E-state index in [0.717, 1.165) is 17.2 Å². The molecule has 1 N–H and O–H groups in total. The predicted octanol–water partition coefficient (Wildman–Crippen LogP) is 2.89. The number of hydrogen-bond acceptors (Lipinski definition) is 6. The number of benzene rings is 2. The number of methoxy groups -OCH3 is 1. The lowest BCUT2D eigenvalue weighted by atomic mass is 10.1. The zero-order valence-electron chi connectivity index (χ0n) is 17.0. The molecule has 30 heavy (non-hydrogen) atoms. The zero-order chi connectivity index (χ0) is 21.1. The molecule has 1 aliphatic rings. The summed E-state index contributed by atoms with van der Waals surface area (Å²) in [7, 11) is 1.58. The second kappa shape index (κ2) is 8.54. The van der Waals surface area contributed by atoms with Gasteiger partial charge in [-0.1, -0.05) is 30.3 Å². The standard InChI is InChI=1S/C22H24N4O4/c1-15-13-25(14-20-23-24-21(26(15)20)16-6-4-3-5-7-16)22(28)17-10-18(27)12-19(11-17)30-9-8-29-2/h3-7,10-12,15,27H,8-9,13-14H2,1-2H3/t15-/m0/s1. The largest absolute Gasteiger partial charge is 0.508 e. The highest BCUT2D eigenvalue weighted by molar-refractivity contribution is 5.95. The van der Waals surface area contributed by atoms with Crippen molar-refractivity contribution >= 4 is 5.91 Å². The molecule has 3 aromatic rings. The molecule has 156 valence electrons. The molecular weight excluding hydrogens is 384 g/mol. The monoisotopic (exact) mass is 408 g/mol. The van der Waals surface area contributed by atoms with E-state index in [1.807, 2.05) is 37.3 Å². The molecule has 0 bridgehead atoms. The molecule has 2 aromatic carbocycles. The second-order valence-corrected chi connectivity index (χ2v) is 7.27. The summed E-state index contributed by atoms with van der Waals surface area (Å²) < 4.78 is 12.6. The van der Waals surface area contributed by atoms with Gasteiger partial charge in [0.15, 0.2) is 11.6 Å². The number of phenols is 1. The molecule has 1 amide bonds. The third-order valence-electron chi connectivity index (χ3n) is 5.04. The molecule has 0 saturated carbocycles. The minimum Gasteiger partial charge on any atom is -0.508 e. The van der Waals surface area contributed by atoms with E-state index in [0.29, 0.717) is 37.6 Å². The average molecular weight is 408 g/mol. The molecule has 1 aromatic heterocycles. The van der Waals surface area contributed by atoms with Crippen LogP contribution >= 0.6 is 0 Å². The maximum atomic E-state index is 13.1. The van der Waals surface area contributed by atoms with Gasteiger partial charge in [-0.2, -0.15) is 0 Å². The van der Waals surface area contributed by atoms with Crippen molar-refractivity contribution in [3.05, 3.63) is 59.9 Å². The summed E-state index contributed by atoms with van der Waals surface area (Å²) in [5.74, 6) is 1.75. The Morgan fingerprint density at radius 2 is 1.97 bits per heavy atom. The highest BCUT2D eigenvalue weighted by Crippen LogP contribution is 2.29. The molecule has 1 atom stereocenters. The number of phenolic OH excluding ortho intramolecular Hbond substituents is 1. The van der Waals surface area contributed by atoms with Crippen LogP contribution in [0.1, 0.15) is 29.1 Å². The molecule has 0 fully saturated rings. The molecule has 8 heteroatoms. The van der Waals surface area contributed by atoms with Crippen molar-refractivity contribution in [1.29, 1.82) is 0 Å². The van der Waals surface area contributed by atoms with Gasteiger partial charge in [-0.25, -0.2) is 0 Å². The fraction of sp³-hybridized carbons (Fsp3) is 0.318. The summed E-state index contributed by atoms with van der Waals surface area (Å²) in [6, 6.07) is 14.5. The number of carbonyl (C=O) groups excluding carboxylic acids is 1. The first kappa shape index (κ1) is 19.9. The Balaban J connectivity index is 1.56. The first-order valence-electron chi connectivity index (χ1n) is 9.81. The van der Waals surface area contributed by atoms with Crippen LogP contribution in [0.4, 0.5) is 0 Å². The van der Waals surface area contributed by atoms with Gasteiger partial charge in [0.25, 0.3) is 5.91 Å². The van der Waals surface area contributed by atoms with Crippen LogP contribution in [0.5, 0.6) is 11.5 Å². The van der Waals surface area contributed by atoms with Crippen molar-refractivity contribution in [2.24, 2.45) is 0 Å². The van der Waals surface area contributed by atoms with Crippen molar-refractivity contribution in [3.63, 3.8) is 0 Å². The number of nitrogens with zero attached hydrogens (tertiary/aromatic N) is 4. The Morgan fingerprint density at radius 3 is 2.73 bits per heavy atom. The third kappa shape index (κ3) is 3.99. The third-order valence-corrected chi connectivity index (χ3v) is 5.04. The van der Waals surface area contributed by atoms with Gasteiger partial charge in [0, 0.05) is 30.8 Å². The van der Waals surface area contributed by atoms with E-state index < -0.39 is 0 Å². The minimum absolute atomic E-state index is 0.0117. The molecule has 0 unspecified atom stereocenters. The van der Waals surface area contributed by atoms with Gasteiger partial charge in [0.05, 0.1) is 19.2 Å². The van der Waals surface area contributed by atoms with Crippen molar-refractivity contribution in [1.82, 2.24) is 19.7 Å². The minimum atomic E-state index is -0.190. The van der Waals surface area contributed by atoms with E-state index in [-0.39, 0.29) is 17.7 Å². The van der Waals surface area contributed by atoms with Crippen LogP contribution in [0.2, 0.25) is 0 Å². The second-order valence-electron chi connectivity index (χ2n) is 7.27. The van der Waals surface area contributed by atoms with Crippen LogP contribution in [-0.4, -0.2) is 57.5 Å². The number of amides is 1. The molecule has 0 saturated heterocycles. The van der Waals surface area contributed by atoms with Crippen LogP contribution in [0.25, 0.3) is 11.4 Å². The van der Waals surface area contributed by atoms with Gasteiger partial charge in [-0.15, -0.1) is 10.2 Å². The van der Waals surface area contributed by atoms with Gasteiger partial charge in [-0.3, -0.25) is 4.79 Å². The average Bonchev–Trinajstić information content (AvgIpc) is 3.18. The number of rotatable bonds is 6. The van der Waals surface area contributed by atoms with Gasteiger partial charge in [0.1, 0.15) is 18.1 Å². The summed E-state index contributed by atoms with van der Waals surface area (Å²) >= 11 is 0. The predicted molar refractivity (Wildman–Crippen MR) is 110 cm³/mol. The van der Waals surface area contributed by atoms with Gasteiger partial charge >= 0.3 is 0 Å². The summed E-state index contributed by atoms with van der Waals surface area (Å²) in [5, 5.41) is 18.7. The van der Waals surface area contributed by atoms with Gasteiger partial charge < -0.3 is 24.0 Å². The van der Waals surface area contributed by atoms with Gasteiger partial charge in [0.2, 0.25) is 0 Å². The van der Waals surface area contributed by atoms with Crippen LogP contribution < -0.4 is 4.74 Å². The van der Waals surface area contributed by atoms with Gasteiger partial charge in [-0.05, 0) is 19.1 Å². The van der Waals surface area contributed by atoms with E-state index in [1.165, 1.54) is 12.1 Å². The molecule has 4 rings (SSSR count). The highest BCUT2D eigenvalue weighted by Gasteiger charge is 2.30. The quantitative estimate of drug-likeness (QED) is 0.631. The SMILES string of the molecule is COCCOc1cc(O)cc(C(=O)N2Cc3nnc(-c4ccccc4)n3[C@@H](C)C2)c1. The Kier molecular flexibility index (Phi) is 5.67. The van der Waals surface area contributed by atoms with Crippen molar-refractivity contribution in [2.45, 2.75) is 19.5 Å². The number of fused-ring (bicyclic) bond motifs is 1. The number of hydrogen-bond donors (Lipinski definition) is 1. The number of ether oxygens (including phenoxy) is 2. The Morgan fingerprint density at radius 1 is 1.17 bits per heavy atom. The molecule has 8 nitrogen and oxygen atoms in total. The maximum Gasteiger partial charge on any atom is 0.254 e. The summed E-state index contributed by atoms with van der Waals surface area (Å²) in [6.45, 7) is 3.65. The van der Waals surface area contributed by atoms with E-state index in [4.69, 9.17) is 9.47 Å². The van der Waals surface area contributed by atoms with Crippen LogP contribution in [0, 0.1) is 0 Å². The Labute approximate surface area is 174 Å². The summed E-state index contributed by atoms with van der Waals surface area (Å²) in [6.07, 6.45) is 0. The molecule has 1 aliphatic heterocycles. The lowest BCUT2D eigenvalue weighted by Crippen LogP contribution is -2.40. The topological polar surface area (TPSA) is 89.7 Å². The van der Waals surface area contributed by atoms with Crippen molar-refractivity contribution < 1.29 is 19.4 Å². The first-order valence-corrected chi connectivity index (χ1v) is 9.81. The fourth-order valence-corrected chi connectivity index (χ4v) is 3.68. The highest BCUT2D eigenvalue weighted by atomic mass is 16.5. The Hall–Kier alpha value is -3.39. The van der Waals surface area contributed by atoms with E-state index in [2.05, 4.69) is 14.8 Å². The summed E-state index contributed by atoms with van der Waals surface area (Å²) in [4.78, 5) is 14.9. The van der Waals surface area contributed by atoms with Crippen LogP contribution in [0.15, 0.2) is 48.5 Å². The molecular formula is C22H24N4O4. The zero-order valence-corrected chi connectivity index (χ0v) is 17.0. The van der Waals surface area contributed by atoms with E-state index in [9.17, 15) is 9.90 Å². The lowest BCUT2D eigenvalue weighted by Gasteiger charge is -2.32. The fourth-order valence-electron chi connectivity index (χ4n) is 3.68. The Bertz CT molecular complexity index is 1030. The maximum absolute atomic E-state index is 13.1. The summed E-state index contributed by atoms with van der Waals surface area (Å²) in [5.41, 5.74) is 1.36. The number of aromatic nitrogens is 3. The van der Waals surface area contributed by atoms with E-state index in [1.54, 1.807) is 18.1 Å². The number of carbonyl (C=O) groups is 1. The molecule has 0 spiro atoms. The van der Waals surface area contributed by atoms with Crippen LogP contribution in [-0.2, 0) is 11.3 Å². The lowest BCUT2D eigenvalue weighted by molar-refractivity contribution is 0.0681.